The zero-order valence-corrected chi connectivity index (χ0v) is 9.53. The molecule has 0 aliphatic heterocycles. The summed E-state index contributed by atoms with van der Waals surface area (Å²) in [5.41, 5.74) is 1.43. The van der Waals surface area contributed by atoms with E-state index in [2.05, 4.69) is 9.97 Å². The number of carbonyl (C=O) groups excluding carboxylic acids is 1. The van der Waals surface area contributed by atoms with Crippen LogP contribution in [0.1, 0.15) is 10.4 Å². The number of rotatable bonds is 3. The van der Waals surface area contributed by atoms with Crippen LogP contribution in [0.15, 0.2) is 24.5 Å². The molecule has 2 rings (SSSR count). The van der Waals surface area contributed by atoms with Gasteiger partial charge in [0.15, 0.2) is 6.10 Å². The van der Waals surface area contributed by atoms with Crippen LogP contribution in [0.4, 0.5) is 13.2 Å². The highest BCUT2D eigenvalue weighted by Crippen LogP contribution is 2.19. The maximum Gasteiger partial charge on any atom is 0.416 e. The molecule has 102 valence electrons. The number of halogens is 3. The Hall–Kier alpha value is -2.09. The van der Waals surface area contributed by atoms with Crippen molar-refractivity contribution in [3.8, 4) is 0 Å². The van der Waals surface area contributed by atoms with E-state index in [4.69, 9.17) is 5.11 Å². The number of aliphatic hydroxyl groups excluding tert-OH is 1. The molecule has 1 aromatic heterocycles. The molecule has 19 heavy (non-hydrogen) atoms. The average molecular weight is 273 g/mol. The van der Waals surface area contributed by atoms with Crippen molar-refractivity contribution in [3.63, 3.8) is 0 Å². The molecule has 3 N–H and O–H groups in total. The maximum absolute atomic E-state index is 12.1. The lowest BCUT2D eigenvalue weighted by Crippen LogP contribution is -2.40. The van der Waals surface area contributed by atoms with Crippen LogP contribution < -0.4 is 5.32 Å². The van der Waals surface area contributed by atoms with Gasteiger partial charge in [-0.15, -0.1) is 0 Å². The minimum atomic E-state index is -4.75. The summed E-state index contributed by atoms with van der Waals surface area (Å²) in [6.45, 7) is -0.886. The monoisotopic (exact) mass is 273 g/mol. The largest absolute Gasteiger partial charge is 0.416 e. The van der Waals surface area contributed by atoms with Crippen LogP contribution in [0.5, 0.6) is 0 Å². The van der Waals surface area contributed by atoms with Gasteiger partial charge in [0.25, 0.3) is 5.91 Å². The topological polar surface area (TPSA) is 78.0 Å². The van der Waals surface area contributed by atoms with Crippen LogP contribution in [-0.2, 0) is 0 Å². The van der Waals surface area contributed by atoms with E-state index < -0.39 is 24.7 Å². The molecule has 0 aliphatic carbocycles. The number of hydrogen-bond acceptors (Lipinski definition) is 3. The van der Waals surface area contributed by atoms with E-state index in [-0.39, 0.29) is 5.56 Å². The zero-order valence-electron chi connectivity index (χ0n) is 9.53. The van der Waals surface area contributed by atoms with Crippen molar-refractivity contribution in [3.05, 3.63) is 30.1 Å². The predicted octanol–water partition coefficient (Wildman–Crippen LogP) is 1.22. The minimum absolute atomic E-state index is 0.186. The molecule has 1 amide bonds. The van der Waals surface area contributed by atoms with Crippen molar-refractivity contribution < 1.29 is 23.1 Å². The number of nitrogens with one attached hydrogen (secondary N) is 2. The van der Waals surface area contributed by atoms with E-state index in [1.165, 1.54) is 18.5 Å². The highest BCUT2D eigenvalue weighted by atomic mass is 19.4. The summed E-state index contributed by atoms with van der Waals surface area (Å²) in [5.74, 6) is -0.695. The van der Waals surface area contributed by atoms with Gasteiger partial charge in [0.05, 0.1) is 23.9 Å². The first kappa shape index (κ1) is 13.3. The zero-order chi connectivity index (χ0) is 14.0. The Labute approximate surface area is 105 Å². The first-order valence-corrected chi connectivity index (χ1v) is 5.34. The number of fused-ring (bicyclic) bond motifs is 1. The van der Waals surface area contributed by atoms with Gasteiger partial charge >= 0.3 is 6.18 Å². The normalized spacial score (nSPS) is 13.5. The van der Waals surface area contributed by atoms with Gasteiger partial charge in [-0.1, -0.05) is 0 Å². The van der Waals surface area contributed by atoms with E-state index in [1.807, 2.05) is 5.32 Å². The van der Waals surface area contributed by atoms with E-state index in [0.717, 1.165) is 0 Å². The first-order chi connectivity index (χ1) is 8.88. The third kappa shape index (κ3) is 3.02. The van der Waals surface area contributed by atoms with Gasteiger partial charge in [0, 0.05) is 5.56 Å². The molecule has 1 aromatic carbocycles. The van der Waals surface area contributed by atoms with E-state index in [1.54, 1.807) is 6.07 Å². The molecule has 1 atom stereocenters. The van der Waals surface area contributed by atoms with Crippen LogP contribution in [-0.4, -0.2) is 39.8 Å². The lowest BCUT2D eigenvalue weighted by Gasteiger charge is -2.14. The number of nitrogens with zero attached hydrogens (tertiary/aromatic N) is 1. The number of carbonyl (C=O) groups is 1. The Bertz CT molecular complexity index is 594. The van der Waals surface area contributed by atoms with Crippen molar-refractivity contribution in [2.75, 3.05) is 6.54 Å². The Morgan fingerprint density at radius 1 is 1.47 bits per heavy atom. The SMILES string of the molecule is O=C(NCC(O)C(F)(F)F)c1ccc2nc[nH]c2c1. The van der Waals surface area contributed by atoms with Crippen LogP contribution in [0.25, 0.3) is 11.0 Å². The number of H-pyrrole nitrogens is 1. The number of hydrogen-bond donors (Lipinski definition) is 3. The van der Waals surface area contributed by atoms with Crippen LogP contribution in [0.3, 0.4) is 0 Å². The fraction of sp³-hybridized carbons (Fsp3) is 0.273. The molecule has 0 saturated heterocycles. The lowest BCUT2D eigenvalue weighted by molar-refractivity contribution is -0.201. The number of alkyl halides is 3. The van der Waals surface area contributed by atoms with Gasteiger partial charge in [0.1, 0.15) is 0 Å². The standard InChI is InChI=1S/C11H10F3N3O2/c12-11(13,14)9(18)4-15-10(19)6-1-2-7-8(3-6)17-5-16-7/h1-3,5,9,18H,4H2,(H,15,19)(H,16,17). The van der Waals surface area contributed by atoms with Crippen LogP contribution in [0.2, 0.25) is 0 Å². The molecule has 8 heteroatoms. The smallest absolute Gasteiger partial charge is 0.382 e. The predicted molar refractivity (Wildman–Crippen MR) is 60.5 cm³/mol. The van der Waals surface area contributed by atoms with Crippen molar-refractivity contribution >= 4 is 16.9 Å². The summed E-state index contributed by atoms with van der Waals surface area (Å²) in [4.78, 5) is 18.4. The second-order valence-corrected chi connectivity index (χ2v) is 3.90. The summed E-state index contributed by atoms with van der Waals surface area (Å²) in [6, 6.07) is 4.48. The van der Waals surface area contributed by atoms with Gasteiger partial charge in [-0.05, 0) is 18.2 Å². The number of aliphatic hydroxyl groups is 1. The van der Waals surface area contributed by atoms with Crippen LogP contribution >= 0.6 is 0 Å². The lowest BCUT2D eigenvalue weighted by atomic mass is 10.2. The van der Waals surface area contributed by atoms with Crippen molar-refractivity contribution in [1.82, 2.24) is 15.3 Å². The number of amides is 1. The fourth-order valence-corrected chi connectivity index (χ4v) is 1.48. The molecule has 1 heterocycles. The summed E-state index contributed by atoms with van der Waals surface area (Å²) in [6.07, 6.45) is -5.88. The maximum atomic E-state index is 12.1. The number of aromatic amines is 1. The Morgan fingerprint density at radius 2 is 2.21 bits per heavy atom. The van der Waals surface area contributed by atoms with Gasteiger partial charge in [0.2, 0.25) is 0 Å². The van der Waals surface area contributed by atoms with Crippen molar-refractivity contribution in [2.24, 2.45) is 0 Å². The van der Waals surface area contributed by atoms with Gasteiger partial charge in [-0.25, -0.2) is 4.98 Å². The molecule has 5 nitrogen and oxygen atoms in total. The third-order valence-corrected chi connectivity index (χ3v) is 2.52. The molecular formula is C11H10F3N3O2. The van der Waals surface area contributed by atoms with Crippen molar-refractivity contribution in [2.45, 2.75) is 12.3 Å². The molecular weight excluding hydrogens is 263 g/mol. The number of benzene rings is 1. The number of imidazole rings is 1. The second kappa shape index (κ2) is 4.88. The van der Waals surface area contributed by atoms with E-state index in [0.29, 0.717) is 11.0 Å². The third-order valence-electron chi connectivity index (χ3n) is 2.52. The van der Waals surface area contributed by atoms with Gasteiger partial charge < -0.3 is 15.4 Å². The van der Waals surface area contributed by atoms with Crippen LogP contribution in [0, 0.1) is 0 Å². The molecule has 2 aromatic rings. The Kier molecular flexibility index (Phi) is 3.43. The fourth-order valence-electron chi connectivity index (χ4n) is 1.48. The van der Waals surface area contributed by atoms with Gasteiger partial charge in [-0.2, -0.15) is 13.2 Å². The molecule has 0 saturated carbocycles. The minimum Gasteiger partial charge on any atom is -0.382 e. The van der Waals surface area contributed by atoms with Crippen molar-refractivity contribution in [1.29, 1.82) is 0 Å². The molecule has 0 fully saturated rings. The molecule has 0 spiro atoms. The quantitative estimate of drug-likeness (QED) is 0.786. The van der Waals surface area contributed by atoms with E-state index >= 15 is 0 Å². The van der Waals surface area contributed by atoms with E-state index in [9.17, 15) is 18.0 Å². The Balaban J connectivity index is 2.03. The second-order valence-electron chi connectivity index (χ2n) is 3.90. The summed E-state index contributed by atoms with van der Waals surface area (Å²) < 4.78 is 36.2. The first-order valence-electron chi connectivity index (χ1n) is 5.34. The summed E-state index contributed by atoms with van der Waals surface area (Å²) in [5, 5.41) is 10.8. The highest BCUT2D eigenvalue weighted by Gasteiger charge is 2.38. The Morgan fingerprint density at radius 3 is 2.89 bits per heavy atom. The summed E-state index contributed by atoms with van der Waals surface area (Å²) in [7, 11) is 0. The molecule has 1 unspecified atom stereocenters. The molecule has 0 aliphatic rings. The average Bonchev–Trinajstić information content (AvgIpc) is 2.81. The molecule has 0 bridgehead atoms. The highest BCUT2D eigenvalue weighted by molar-refractivity contribution is 5.97. The number of aromatic nitrogens is 2. The van der Waals surface area contributed by atoms with Gasteiger partial charge in [-0.3, -0.25) is 4.79 Å². The summed E-state index contributed by atoms with van der Waals surface area (Å²) >= 11 is 0. The molecule has 0 radical (unpaired) electrons.